The number of hydrogen-bond donors (Lipinski definition) is 2. The second-order valence-electron chi connectivity index (χ2n) is 4.13. The van der Waals surface area contributed by atoms with Crippen LogP contribution in [0.3, 0.4) is 0 Å². The van der Waals surface area contributed by atoms with Gasteiger partial charge in [-0.1, -0.05) is 18.2 Å². The number of primary sulfonamides is 1. The number of sulfonamides is 1. The molecule has 0 aliphatic heterocycles. The number of amides is 1. The minimum absolute atomic E-state index is 0.0516. The van der Waals surface area contributed by atoms with Crippen LogP contribution >= 0.6 is 0 Å². The van der Waals surface area contributed by atoms with Gasteiger partial charge in [0, 0.05) is 11.1 Å². The van der Waals surface area contributed by atoms with Crippen LogP contribution in [0.25, 0.3) is 11.1 Å². The Hall–Kier alpha value is -2.25. The predicted octanol–water partition coefficient (Wildman–Crippen LogP) is 1.24. The maximum Gasteiger partial charge on any atom is 0.248 e. The molecule has 2 aromatic carbocycles. The van der Waals surface area contributed by atoms with E-state index in [0.717, 1.165) is 12.1 Å². The first kappa shape index (κ1) is 14.2. The first-order chi connectivity index (χ1) is 9.29. The number of benzene rings is 2. The summed E-state index contributed by atoms with van der Waals surface area (Å²) in [6.45, 7) is 0. The maximum atomic E-state index is 13.5. The molecular formula is C13H11FN2O3S. The van der Waals surface area contributed by atoms with Crippen molar-refractivity contribution in [1.82, 2.24) is 0 Å². The van der Waals surface area contributed by atoms with Crippen molar-refractivity contribution in [2.45, 2.75) is 4.90 Å². The molecule has 0 bridgehead atoms. The molecule has 2 rings (SSSR count). The molecule has 0 saturated heterocycles. The van der Waals surface area contributed by atoms with Crippen LogP contribution in [0.5, 0.6) is 0 Å². The van der Waals surface area contributed by atoms with Crippen LogP contribution in [0.4, 0.5) is 4.39 Å². The summed E-state index contributed by atoms with van der Waals surface area (Å²) in [5.74, 6) is -1.50. The molecule has 0 heterocycles. The van der Waals surface area contributed by atoms with E-state index in [-0.39, 0.29) is 21.6 Å². The van der Waals surface area contributed by atoms with E-state index in [9.17, 15) is 17.6 Å². The van der Waals surface area contributed by atoms with Crippen LogP contribution in [-0.4, -0.2) is 14.3 Å². The summed E-state index contributed by atoms with van der Waals surface area (Å²) in [6, 6.07) is 9.26. The number of carbonyl (C=O) groups is 1. The Bertz CT molecular complexity index is 788. The van der Waals surface area contributed by atoms with Gasteiger partial charge in [-0.2, -0.15) is 0 Å². The van der Waals surface area contributed by atoms with Crippen molar-refractivity contribution in [3.05, 3.63) is 53.8 Å². The highest BCUT2D eigenvalue weighted by molar-refractivity contribution is 7.89. The van der Waals surface area contributed by atoms with E-state index in [2.05, 4.69) is 0 Å². The monoisotopic (exact) mass is 294 g/mol. The lowest BCUT2D eigenvalue weighted by molar-refractivity contribution is 0.1000. The third-order valence-electron chi connectivity index (χ3n) is 2.69. The molecule has 7 heteroatoms. The quantitative estimate of drug-likeness (QED) is 0.890. The van der Waals surface area contributed by atoms with Gasteiger partial charge in [0.2, 0.25) is 15.9 Å². The summed E-state index contributed by atoms with van der Waals surface area (Å²) in [4.78, 5) is 11.0. The van der Waals surface area contributed by atoms with Crippen LogP contribution in [0.2, 0.25) is 0 Å². The minimum Gasteiger partial charge on any atom is -0.366 e. The van der Waals surface area contributed by atoms with Gasteiger partial charge in [-0.15, -0.1) is 0 Å². The predicted molar refractivity (Wildman–Crippen MR) is 71.7 cm³/mol. The zero-order valence-electron chi connectivity index (χ0n) is 10.2. The summed E-state index contributed by atoms with van der Waals surface area (Å²) in [7, 11) is -3.97. The Labute approximate surface area is 115 Å². The van der Waals surface area contributed by atoms with Gasteiger partial charge < -0.3 is 5.73 Å². The molecule has 0 atom stereocenters. The Kier molecular flexibility index (Phi) is 3.56. The van der Waals surface area contributed by atoms with Crippen molar-refractivity contribution in [2.24, 2.45) is 10.9 Å². The third-order valence-corrected chi connectivity index (χ3v) is 3.66. The van der Waals surface area contributed by atoms with Gasteiger partial charge in [-0.3, -0.25) is 4.79 Å². The van der Waals surface area contributed by atoms with Gasteiger partial charge in [0.05, 0.1) is 4.90 Å². The summed E-state index contributed by atoms with van der Waals surface area (Å²) >= 11 is 0. The molecule has 5 nitrogen and oxygen atoms in total. The van der Waals surface area contributed by atoms with Gasteiger partial charge in [0.1, 0.15) is 5.82 Å². The number of rotatable bonds is 3. The largest absolute Gasteiger partial charge is 0.366 e. The summed E-state index contributed by atoms with van der Waals surface area (Å²) < 4.78 is 36.6. The average Bonchev–Trinajstić information content (AvgIpc) is 2.37. The highest BCUT2D eigenvalue weighted by Gasteiger charge is 2.16. The van der Waals surface area contributed by atoms with Gasteiger partial charge >= 0.3 is 0 Å². The zero-order chi connectivity index (χ0) is 14.9. The number of carbonyl (C=O) groups excluding carboxylic acids is 1. The Balaban J connectivity index is 2.73. The van der Waals surface area contributed by atoms with Crippen LogP contribution < -0.4 is 10.9 Å². The summed E-state index contributed by atoms with van der Waals surface area (Å²) in [5, 5.41) is 5.12. The fourth-order valence-electron chi connectivity index (χ4n) is 1.84. The minimum atomic E-state index is -3.97. The normalized spacial score (nSPS) is 11.3. The Morgan fingerprint density at radius 3 is 2.35 bits per heavy atom. The number of primary amides is 1. The topological polar surface area (TPSA) is 103 Å². The fraction of sp³-hybridized carbons (Fsp3) is 0. The molecule has 0 aliphatic rings. The molecule has 0 aliphatic carbocycles. The van der Waals surface area contributed by atoms with Crippen LogP contribution in [-0.2, 0) is 10.0 Å². The maximum absolute atomic E-state index is 13.5. The lowest BCUT2D eigenvalue weighted by Crippen LogP contribution is -2.14. The molecule has 0 fully saturated rings. The lowest BCUT2D eigenvalue weighted by atomic mass is 10.0. The Morgan fingerprint density at radius 1 is 1.10 bits per heavy atom. The molecule has 104 valence electrons. The van der Waals surface area contributed by atoms with Crippen LogP contribution in [0.1, 0.15) is 10.4 Å². The van der Waals surface area contributed by atoms with Gasteiger partial charge in [0.25, 0.3) is 0 Å². The van der Waals surface area contributed by atoms with Crippen LogP contribution in [0.15, 0.2) is 47.4 Å². The second-order valence-corrected chi connectivity index (χ2v) is 5.66. The molecule has 0 spiro atoms. The van der Waals surface area contributed by atoms with Crippen molar-refractivity contribution in [3.8, 4) is 11.1 Å². The van der Waals surface area contributed by atoms with Gasteiger partial charge in [-0.05, 0) is 29.8 Å². The highest BCUT2D eigenvalue weighted by Crippen LogP contribution is 2.28. The standard InChI is InChI=1S/C13H11FN2O3S/c14-10-6-8(5-9(7-10)13(15)17)11-3-1-2-4-12(11)20(16,18)19/h1-7H,(H2,15,17)(H2,16,18,19). The lowest BCUT2D eigenvalue weighted by Gasteiger charge is -2.09. The first-order valence-electron chi connectivity index (χ1n) is 5.51. The molecule has 0 saturated carbocycles. The van der Waals surface area contributed by atoms with E-state index in [1.54, 1.807) is 6.07 Å². The third kappa shape index (κ3) is 2.84. The molecule has 20 heavy (non-hydrogen) atoms. The summed E-state index contributed by atoms with van der Waals surface area (Å²) in [6.07, 6.45) is 0. The van der Waals surface area contributed by atoms with E-state index in [0.29, 0.717) is 0 Å². The van der Waals surface area contributed by atoms with Crippen molar-refractivity contribution >= 4 is 15.9 Å². The van der Waals surface area contributed by atoms with E-state index in [1.807, 2.05) is 0 Å². The summed E-state index contributed by atoms with van der Waals surface area (Å²) in [5.41, 5.74) is 5.47. The average molecular weight is 294 g/mol. The van der Waals surface area contributed by atoms with E-state index in [1.165, 1.54) is 24.3 Å². The number of nitrogens with two attached hydrogens (primary N) is 2. The molecule has 1 amide bonds. The molecule has 0 unspecified atom stereocenters. The molecule has 4 N–H and O–H groups in total. The van der Waals surface area contributed by atoms with Crippen molar-refractivity contribution in [2.75, 3.05) is 0 Å². The van der Waals surface area contributed by atoms with Crippen LogP contribution in [0, 0.1) is 5.82 Å². The smallest absolute Gasteiger partial charge is 0.248 e. The zero-order valence-corrected chi connectivity index (χ0v) is 11.0. The Morgan fingerprint density at radius 2 is 1.75 bits per heavy atom. The van der Waals surface area contributed by atoms with Gasteiger partial charge in [0.15, 0.2) is 0 Å². The molecule has 0 radical (unpaired) electrons. The van der Waals surface area contributed by atoms with Crippen molar-refractivity contribution < 1.29 is 17.6 Å². The number of hydrogen-bond acceptors (Lipinski definition) is 3. The molecule has 0 aromatic heterocycles. The van der Waals surface area contributed by atoms with E-state index < -0.39 is 21.7 Å². The number of halogens is 1. The van der Waals surface area contributed by atoms with Crippen molar-refractivity contribution in [3.63, 3.8) is 0 Å². The SMILES string of the molecule is NC(=O)c1cc(F)cc(-c2ccccc2S(N)(=O)=O)c1. The second kappa shape index (κ2) is 5.03. The molecular weight excluding hydrogens is 283 g/mol. The van der Waals surface area contributed by atoms with Gasteiger partial charge in [-0.25, -0.2) is 17.9 Å². The highest BCUT2D eigenvalue weighted by atomic mass is 32.2. The first-order valence-corrected chi connectivity index (χ1v) is 7.06. The molecule has 2 aromatic rings. The van der Waals surface area contributed by atoms with E-state index >= 15 is 0 Å². The van der Waals surface area contributed by atoms with E-state index in [4.69, 9.17) is 10.9 Å². The fourth-order valence-corrected chi connectivity index (χ4v) is 2.60. The van der Waals surface area contributed by atoms with Crippen molar-refractivity contribution in [1.29, 1.82) is 0 Å².